The molecule has 0 fully saturated rings. The molecule has 9 heteroatoms. The summed E-state index contributed by atoms with van der Waals surface area (Å²) >= 11 is 0. The van der Waals surface area contributed by atoms with E-state index in [0.717, 1.165) is 0 Å². The summed E-state index contributed by atoms with van der Waals surface area (Å²) in [7, 11) is -4.23. The fourth-order valence-electron chi connectivity index (χ4n) is 1.08. The van der Waals surface area contributed by atoms with E-state index in [0.29, 0.717) is 13.2 Å². The molecule has 0 atom stereocenters. The Hall–Kier alpha value is 0.750. The third-order valence-corrected chi connectivity index (χ3v) is 2.54. The Morgan fingerprint density at radius 2 is 1.71 bits per heavy atom. The van der Waals surface area contributed by atoms with Gasteiger partial charge in [-0.2, -0.15) is 0 Å². The molecule has 98 valence electrons. The molecule has 0 radical (unpaired) electrons. The number of aliphatic hydroxyl groups is 2. The summed E-state index contributed by atoms with van der Waals surface area (Å²) < 4.78 is 36.2. The fourth-order valence-corrected chi connectivity index (χ4v) is 1.56. The molecular formula is C8H18NNaO6S. The number of ether oxygens (including phenoxy) is 1. The Bertz CT molecular complexity index is 261. The minimum Gasteiger partial charge on any atom is -0.748 e. The first kappa shape index (κ1) is 20.1. The predicted octanol–water partition coefficient (Wildman–Crippen LogP) is -5.16. The van der Waals surface area contributed by atoms with Crippen molar-refractivity contribution in [2.24, 2.45) is 0 Å². The Morgan fingerprint density at radius 3 is 2.18 bits per heavy atom. The molecule has 0 aromatic carbocycles. The first-order chi connectivity index (χ1) is 7.49. The van der Waals surface area contributed by atoms with Crippen LogP contribution in [0.4, 0.5) is 0 Å². The van der Waals surface area contributed by atoms with Gasteiger partial charge in [-0.3, -0.25) is 4.90 Å². The molecule has 0 aromatic rings. The molecule has 0 bridgehead atoms. The van der Waals surface area contributed by atoms with E-state index in [1.165, 1.54) is 0 Å². The van der Waals surface area contributed by atoms with Crippen molar-refractivity contribution in [2.75, 3.05) is 51.8 Å². The molecule has 2 N–H and O–H groups in total. The van der Waals surface area contributed by atoms with Gasteiger partial charge in [0, 0.05) is 19.6 Å². The zero-order valence-electron chi connectivity index (χ0n) is 10.0. The average Bonchev–Trinajstić information content (AvgIpc) is 2.19. The first-order valence-electron chi connectivity index (χ1n) is 4.95. The van der Waals surface area contributed by atoms with Crippen molar-refractivity contribution in [3.8, 4) is 0 Å². The Labute approximate surface area is 124 Å². The van der Waals surface area contributed by atoms with Gasteiger partial charge in [0.2, 0.25) is 0 Å². The summed E-state index contributed by atoms with van der Waals surface area (Å²) in [6, 6.07) is 0. The standard InChI is InChI=1S/C8H19NO6S.Na/c10-4-1-9(2-6-15-7-5-11)3-8-16(12,13)14;/h10-11H,1-8H2,(H,12,13,14);/q;+1/p-1. The summed E-state index contributed by atoms with van der Waals surface area (Å²) in [5.41, 5.74) is 0. The van der Waals surface area contributed by atoms with Crippen molar-refractivity contribution < 1.29 is 57.5 Å². The third kappa shape index (κ3) is 14.7. The summed E-state index contributed by atoms with van der Waals surface area (Å²) in [4.78, 5) is 1.62. The van der Waals surface area contributed by atoms with E-state index in [2.05, 4.69) is 0 Å². The summed E-state index contributed by atoms with van der Waals surface area (Å²) in [6.45, 7) is 1.13. The van der Waals surface area contributed by atoms with Crippen LogP contribution in [-0.2, 0) is 14.9 Å². The van der Waals surface area contributed by atoms with Gasteiger partial charge in [0.15, 0.2) is 0 Å². The molecule has 0 aliphatic heterocycles. The average molecular weight is 279 g/mol. The van der Waals surface area contributed by atoms with Crippen LogP contribution in [0.2, 0.25) is 0 Å². The van der Waals surface area contributed by atoms with Crippen LogP contribution in [0.25, 0.3) is 0 Å². The maximum atomic E-state index is 10.4. The molecule has 0 spiro atoms. The predicted molar refractivity (Wildman–Crippen MR) is 56.0 cm³/mol. The van der Waals surface area contributed by atoms with Gasteiger partial charge in [-0.05, 0) is 0 Å². The molecule has 0 saturated heterocycles. The molecule has 0 amide bonds. The zero-order chi connectivity index (χ0) is 12.4. The minimum absolute atomic E-state index is 0. The van der Waals surface area contributed by atoms with Crippen LogP contribution in [0.5, 0.6) is 0 Å². The van der Waals surface area contributed by atoms with Crippen LogP contribution in [0.3, 0.4) is 0 Å². The van der Waals surface area contributed by atoms with Gasteiger partial charge in [0.25, 0.3) is 0 Å². The van der Waals surface area contributed by atoms with Crippen LogP contribution in [0, 0.1) is 0 Å². The van der Waals surface area contributed by atoms with E-state index in [1.54, 1.807) is 4.90 Å². The quantitative estimate of drug-likeness (QED) is 0.234. The number of rotatable bonds is 10. The molecule has 0 saturated carbocycles. The van der Waals surface area contributed by atoms with Crippen molar-refractivity contribution in [1.29, 1.82) is 0 Å². The van der Waals surface area contributed by atoms with Crippen molar-refractivity contribution in [2.45, 2.75) is 0 Å². The van der Waals surface area contributed by atoms with Gasteiger partial charge in [-0.25, -0.2) is 8.42 Å². The maximum absolute atomic E-state index is 10.4. The van der Waals surface area contributed by atoms with E-state index >= 15 is 0 Å². The normalized spacial score (nSPS) is 11.5. The monoisotopic (exact) mass is 279 g/mol. The van der Waals surface area contributed by atoms with Crippen LogP contribution in [0.15, 0.2) is 0 Å². The van der Waals surface area contributed by atoms with Crippen LogP contribution in [0.1, 0.15) is 0 Å². The SMILES string of the molecule is O=S(=O)([O-])CCN(CCO)CCOCCO.[Na+]. The number of hydrogen-bond donors (Lipinski definition) is 2. The van der Waals surface area contributed by atoms with E-state index in [9.17, 15) is 13.0 Å². The van der Waals surface area contributed by atoms with Gasteiger partial charge in [-0.15, -0.1) is 0 Å². The first-order valence-corrected chi connectivity index (χ1v) is 6.52. The van der Waals surface area contributed by atoms with Gasteiger partial charge in [0.1, 0.15) is 0 Å². The van der Waals surface area contributed by atoms with Crippen molar-refractivity contribution >= 4 is 10.1 Å². The number of nitrogens with zero attached hydrogens (tertiary/aromatic N) is 1. The maximum Gasteiger partial charge on any atom is 1.00 e. The van der Waals surface area contributed by atoms with Gasteiger partial charge in [-0.1, -0.05) is 0 Å². The van der Waals surface area contributed by atoms with Crippen molar-refractivity contribution in [3.63, 3.8) is 0 Å². The second kappa shape index (κ2) is 11.8. The molecule has 0 rings (SSSR count). The second-order valence-corrected chi connectivity index (χ2v) is 4.69. The molecule has 17 heavy (non-hydrogen) atoms. The third-order valence-electron chi connectivity index (χ3n) is 1.86. The van der Waals surface area contributed by atoms with Crippen LogP contribution >= 0.6 is 0 Å². The second-order valence-electron chi connectivity index (χ2n) is 3.16. The molecule has 0 aliphatic carbocycles. The van der Waals surface area contributed by atoms with E-state index in [-0.39, 0.29) is 62.5 Å². The van der Waals surface area contributed by atoms with Gasteiger partial charge in [0.05, 0.1) is 42.3 Å². The minimum atomic E-state index is -4.23. The van der Waals surface area contributed by atoms with E-state index in [4.69, 9.17) is 14.9 Å². The van der Waals surface area contributed by atoms with Crippen molar-refractivity contribution in [3.05, 3.63) is 0 Å². The smallest absolute Gasteiger partial charge is 0.748 e. The van der Waals surface area contributed by atoms with Gasteiger partial charge < -0.3 is 19.5 Å². The summed E-state index contributed by atoms with van der Waals surface area (Å²) in [5, 5.41) is 17.2. The molecule has 0 unspecified atom stereocenters. The Balaban J connectivity index is 0. The van der Waals surface area contributed by atoms with Crippen LogP contribution in [-0.4, -0.2) is 79.9 Å². The van der Waals surface area contributed by atoms with E-state index < -0.39 is 15.9 Å². The van der Waals surface area contributed by atoms with E-state index in [1.807, 2.05) is 0 Å². The van der Waals surface area contributed by atoms with Gasteiger partial charge >= 0.3 is 29.6 Å². The largest absolute Gasteiger partial charge is 1.00 e. The molecular weight excluding hydrogens is 261 g/mol. The topological polar surface area (TPSA) is 110 Å². The molecule has 0 aromatic heterocycles. The molecule has 7 nitrogen and oxygen atoms in total. The molecule has 0 heterocycles. The summed E-state index contributed by atoms with van der Waals surface area (Å²) in [6.07, 6.45) is 0. The zero-order valence-corrected chi connectivity index (χ0v) is 12.9. The van der Waals surface area contributed by atoms with Crippen LogP contribution < -0.4 is 29.6 Å². The Kier molecular flexibility index (Phi) is 14.0. The fraction of sp³-hybridized carbons (Fsp3) is 1.00. The molecule has 0 aliphatic rings. The van der Waals surface area contributed by atoms with Crippen molar-refractivity contribution in [1.82, 2.24) is 4.90 Å². The number of aliphatic hydroxyl groups excluding tert-OH is 2. The Morgan fingerprint density at radius 1 is 1.06 bits per heavy atom. The number of hydrogen-bond acceptors (Lipinski definition) is 7. The summed E-state index contributed by atoms with van der Waals surface area (Å²) in [5.74, 6) is -0.479.